The van der Waals surface area contributed by atoms with Crippen molar-refractivity contribution < 1.29 is 28.7 Å². The zero-order valence-corrected chi connectivity index (χ0v) is 41.2. The van der Waals surface area contributed by atoms with Gasteiger partial charge in [-0.1, -0.05) is 140 Å². The molecule has 0 unspecified atom stereocenters. The van der Waals surface area contributed by atoms with E-state index >= 15 is 0 Å². The normalized spacial score (nSPS) is 11.7. The monoisotopic (exact) mass is 962 g/mol. The first kappa shape index (κ1) is 51.2. The zero-order valence-electron chi connectivity index (χ0n) is 39.4. The Labute approximate surface area is 406 Å². The molecule has 0 radical (unpaired) electrons. The van der Waals surface area contributed by atoms with Crippen LogP contribution >= 0.6 is 15.2 Å². The molecule has 2 heterocycles. The van der Waals surface area contributed by atoms with Crippen LogP contribution in [0.15, 0.2) is 164 Å². The lowest BCUT2D eigenvalue weighted by Crippen LogP contribution is -2.16. The highest BCUT2D eigenvalue weighted by atomic mass is 31.2. The summed E-state index contributed by atoms with van der Waals surface area (Å²) in [5.41, 5.74) is 15.6. The minimum absolute atomic E-state index is 0.0970. The fraction of sp³-hybridized carbons (Fsp3) is 0.263. The van der Waals surface area contributed by atoms with Crippen molar-refractivity contribution in [1.82, 2.24) is 20.6 Å². The number of rotatable bonds is 22. The molecule has 358 valence electrons. The van der Waals surface area contributed by atoms with Crippen LogP contribution in [0.3, 0.4) is 0 Å². The van der Waals surface area contributed by atoms with Crippen molar-refractivity contribution in [2.75, 3.05) is 25.4 Å². The molecule has 12 heteroatoms. The van der Waals surface area contributed by atoms with Gasteiger partial charge in [0.25, 0.3) is 0 Å². The minimum Gasteiger partial charge on any atom is -0.324 e. The van der Waals surface area contributed by atoms with E-state index in [9.17, 15) is 9.13 Å². The van der Waals surface area contributed by atoms with Gasteiger partial charge in [0.2, 0.25) is 0 Å². The predicted octanol–water partition coefficient (Wildman–Crippen LogP) is 11.8. The summed E-state index contributed by atoms with van der Waals surface area (Å²) in [6, 6.07) is 53.5. The highest BCUT2D eigenvalue weighted by molar-refractivity contribution is 7.52. The summed E-state index contributed by atoms with van der Waals surface area (Å²) in [4.78, 5) is 45.3. The average molecular weight is 963 g/mol. The Kier molecular flexibility index (Phi) is 18.8. The molecule has 0 saturated carbocycles. The third kappa shape index (κ3) is 15.9. The van der Waals surface area contributed by atoms with E-state index in [0.717, 1.165) is 82.6 Å². The summed E-state index contributed by atoms with van der Waals surface area (Å²) in [6.07, 6.45) is 10.9. The quantitative estimate of drug-likeness (QED) is 0.0284. The number of aryl methyl sites for hydroxylation is 5. The summed E-state index contributed by atoms with van der Waals surface area (Å²) in [7, 11) is -7.87. The van der Waals surface area contributed by atoms with Crippen LogP contribution in [0, 0.1) is 6.92 Å². The average Bonchev–Trinajstić information content (AvgIpc) is 3.35. The molecule has 69 heavy (non-hydrogen) atoms. The van der Waals surface area contributed by atoms with Gasteiger partial charge in [0, 0.05) is 36.3 Å². The lowest BCUT2D eigenvalue weighted by molar-refractivity contribution is 0.369. The van der Waals surface area contributed by atoms with Crippen molar-refractivity contribution in [2.45, 2.75) is 71.4 Å². The molecule has 0 saturated heterocycles. The molecule has 0 aliphatic heterocycles. The van der Waals surface area contributed by atoms with E-state index in [1.807, 2.05) is 12.1 Å². The third-order valence-corrected chi connectivity index (χ3v) is 14.2. The molecule has 0 aliphatic rings. The van der Waals surface area contributed by atoms with Gasteiger partial charge in [0.05, 0.1) is 23.4 Å². The number of benzene rings is 6. The Morgan fingerprint density at radius 2 is 0.870 bits per heavy atom. The van der Waals surface area contributed by atoms with E-state index in [4.69, 9.17) is 19.6 Å². The summed E-state index contributed by atoms with van der Waals surface area (Å²) < 4.78 is 22.0. The van der Waals surface area contributed by atoms with Crippen LogP contribution < -0.4 is 10.6 Å². The van der Waals surface area contributed by atoms with E-state index in [0.29, 0.717) is 39.0 Å². The molecule has 2 aromatic heterocycles. The molecule has 6 aromatic carbocycles. The third-order valence-electron chi connectivity index (χ3n) is 12.4. The van der Waals surface area contributed by atoms with Gasteiger partial charge < -0.3 is 30.2 Å². The number of aromatic nitrogens is 2. The zero-order chi connectivity index (χ0) is 48.5. The van der Waals surface area contributed by atoms with Crippen LogP contribution in [-0.4, -0.2) is 55.0 Å². The maximum Gasteiger partial charge on any atom is 0.325 e. The number of hydrogen-bond donors (Lipinski definition) is 6. The molecule has 0 aliphatic carbocycles. The van der Waals surface area contributed by atoms with Gasteiger partial charge in [0.15, 0.2) is 0 Å². The number of nitrogens with zero attached hydrogens (tertiary/aromatic N) is 2. The number of fused-ring (bicyclic) bond motifs is 2. The van der Waals surface area contributed by atoms with Gasteiger partial charge in [-0.25, -0.2) is 0 Å². The highest BCUT2D eigenvalue weighted by Crippen LogP contribution is 2.36. The Morgan fingerprint density at radius 1 is 0.435 bits per heavy atom. The molecule has 0 amide bonds. The van der Waals surface area contributed by atoms with E-state index < -0.39 is 15.2 Å². The summed E-state index contributed by atoms with van der Waals surface area (Å²) in [5.74, 6) is 0. The minimum atomic E-state index is -3.94. The van der Waals surface area contributed by atoms with Crippen LogP contribution in [0.2, 0.25) is 0 Å². The van der Waals surface area contributed by atoms with Crippen molar-refractivity contribution in [3.63, 3.8) is 0 Å². The first-order chi connectivity index (χ1) is 33.4. The SMILES string of the molecule is Cc1ccccc1CCCc1ccc(-c2ccc(CNCCCP(=O)(O)O)c3ncccc23)cc1.O=P(O)(O)CCCNCc1ccc(-c2ccc(CCCc3ccccc3)cc2)c2cccnc12. The van der Waals surface area contributed by atoms with Crippen molar-refractivity contribution in [1.29, 1.82) is 0 Å². The molecule has 0 spiro atoms. The van der Waals surface area contributed by atoms with Gasteiger partial charge >= 0.3 is 15.2 Å². The largest absolute Gasteiger partial charge is 0.325 e. The number of nitrogens with one attached hydrogen (secondary N) is 2. The fourth-order valence-electron chi connectivity index (χ4n) is 8.73. The standard InChI is InChI=1S/C29H33N2O3P.C28H31N2O3P/c1-22-7-2-3-9-24(22)10-4-8-23-12-14-25(15-13-23)27-17-16-26(29-28(27)11-5-19-31-29)21-30-18-6-20-35(32,33)34;31-34(32,33)20-6-18-29-21-25-16-17-26(27-11-5-19-30-28(25)27)24-14-12-23(13-15-24)10-4-9-22-7-2-1-3-8-22/h2-3,5,7,9,11-17,19,30H,4,6,8,10,18,20-21H2,1H3,(H2,32,33,34);1-3,5,7-8,11-17,19,29H,4,6,9-10,18,20-21H2,(H2,31,32,33). The van der Waals surface area contributed by atoms with Crippen LogP contribution in [-0.2, 0) is 47.9 Å². The van der Waals surface area contributed by atoms with Crippen molar-refractivity contribution in [3.05, 3.63) is 203 Å². The molecule has 0 fully saturated rings. The second-order valence-electron chi connectivity index (χ2n) is 17.7. The van der Waals surface area contributed by atoms with Gasteiger partial charge in [-0.15, -0.1) is 0 Å². The molecule has 0 atom stereocenters. The summed E-state index contributed by atoms with van der Waals surface area (Å²) >= 11 is 0. The van der Waals surface area contributed by atoms with E-state index in [2.05, 4.69) is 167 Å². The lowest BCUT2D eigenvalue weighted by Gasteiger charge is -2.12. The van der Waals surface area contributed by atoms with Crippen molar-refractivity contribution in [2.24, 2.45) is 0 Å². The summed E-state index contributed by atoms with van der Waals surface area (Å²) in [6.45, 7) is 4.49. The van der Waals surface area contributed by atoms with E-state index in [1.54, 1.807) is 12.4 Å². The van der Waals surface area contributed by atoms with Crippen LogP contribution in [0.4, 0.5) is 0 Å². The highest BCUT2D eigenvalue weighted by Gasteiger charge is 2.14. The second-order valence-corrected chi connectivity index (χ2v) is 21.2. The fourth-order valence-corrected chi connectivity index (χ4v) is 9.87. The van der Waals surface area contributed by atoms with Crippen molar-refractivity contribution in [3.8, 4) is 22.3 Å². The number of pyridine rings is 2. The second kappa shape index (κ2) is 25.3. The molecule has 8 rings (SSSR count). The van der Waals surface area contributed by atoms with Crippen molar-refractivity contribution >= 4 is 37.0 Å². The van der Waals surface area contributed by atoms with Crippen LogP contribution in [0.25, 0.3) is 44.1 Å². The molecular formula is C57H64N4O6P2. The first-order valence-corrected chi connectivity index (χ1v) is 27.5. The molecule has 8 aromatic rings. The van der Waals surface area contributed by atoms with Crippen LogP contribution in [0.1, 0.15) is 64.6 Å². The number of hydrogen-bond acceptors (Lipinski definition) is 6. The van der Waals surface area contributed by atoms with Gasteiger partial charge in [-0.3, -0.25) is 19.1 Å². The van der Waals surface area contributed by atoms with E-state index in [1.165, 1.54) is 38.9 Å². The lowest BCUT2D eigenvalue weighted by atomic mass is 9.95. The predicted molar refractivity (Wildman–Crippen MR) is 282 cm³/mol. The maximum absolute atomic E-state index is 11.0. The van der Waals surface area contributed by atoms with Gasteiger partial charge in [0.1, 0.15) is 0 Å². The molecule has 6 N–H and O–H groups in total. The Hall–Kier alpha value is -5.64. The topological polar surface area (TPSA) is 165 Å². The first-order valence-electron chi connectivity index (χ1n) is 23.9. The molecule has 0 bridgehead atoms. The Bertz CT molecular complexity index is 2980. The van der Waals surface area contributed by atoms with Gasteiger partial charge in [-0.2, -0.15) is 0 Å². The summed E-state index contributed by atoms with van der Waals surface area (Å²) in [5, 5.41) is 8.78. The van der Waals surface area contributed by atoms with E-state index in [-0.39, 0.29) is 12.3 Å². The molecule has 10 nitrogen and oxygen atoms in total. The molecular weight excluding hydrogens is 899 g/mol. The van der Waals surface area contributed by atoms with Crippen LogP contribution in [0.5, 0.6) is 0 Å². The Balaban J connectivity index is 0.000000204. The smallest absolute Gasteiger partial charge is 0.324 e. The van der Waals surface area contributed by atoms with Gasteiger partial charge in [-0.05, 0) is 145 Å². The maximum atomic E-state index is 11.0. The Morgan fingerprint density at radius 3 is 1.33 bits per heavy atom.